The summed E-state index contributed by atoms with van der Waals surface area (Å²) in [4.78, 5) is 0. The Morgan fingerprint density at radius 3 is 2.56 bits per heavy atom. The predicted octanol–water partition coefficient (Wildman–Crippen LogP) is 2.97. The van der Waals surface area contributed by atoms with E-state index in [4.69, 9.17) is 9.16 Å². The van der Waals surface area contributed by atoms with Gasteiger partial charge in [-0.15, -0.1) is 0 Å². The van der Waals surface area contributed by atoms with Crippen LogP contribution in [0.3, 0.4) is 0 Å². The SMILES string of the molecule is CCC(CC)(CCCCC1CCC2OC2C1)O[SiH3]. The Morgan fingerprint density at radius 2 is 1.94 bits per heavy atom. The maximum absolute atomic E-state index is 5.87. The van der Waals surface area contributed by atoms with Gasteiger partial charge < -0.3 is 9.16 Å². The van der Waals surface area contributed by atoms with Crippen LogP contribution < -0.4 is 0 Å². The molecular formula is C15H30O2Si. The van der Waals surface area contributed by atoms with E-state index in [9.17, 15) is 0 Å². The molecule has 3 atom stereocenters. The van der Waals surface area contributed by atoms with E-state index in [-0.39, 0.29) is 5.60 Å². The quantitative estimate of drug-likeness (QED) is 0.384. The summed E-state index contributed by atoms with van der Waals surface area (Å²) in [5.41, 5.74) is 0.212. The van der Waals surface area contributed by atoms with Gasteiger partial charge in [0, 0.05) is 0 Å². The fourth-order valence-corrected chi connectivity index (χ4v) is 4.40. The molecule has 0 amide bonds. The van der Waals surface area contributed by atoms with Gasteiger partial charge in [0.15, 0.2) is 0 Å². The van der Waals surface area contributed by atoms with E-state index in [0.29, 0.717) is 12.2 Å². The van der Waals surface area contributed by atoms with E-state index >= 15 is 0 Å². The van der Waals surface area contributed by atoms with Gasteiger partial charge in [-0.1, -0.05) is 33.1 Å². The molecule has 0 N–H and O–H groups in total. The number of hydrogen-bond acceptors (Lipinski definition) is 2. The molecule has 3 unspecified atom stereocenters. The third-order valence-electron chi connectivity index (χ3n) is 5.33. The number of unbranched alkanes of at least 4 members (excludes halogenated alkanes) is 1. The summed E-state index contributed by atoms with van der Waals surface area (Å²) in [5.74, 6) is 0.948. The highest BCUT2D eigenvalue weighted by Crippen LogP contribution is 2.41. The van der Waals surface area contributed by atoms with Crippen molar-refractivity contribution in [2.24, 2.45) is 5.92 Å². The maximum atomic E-state index is 5.87. The van der Waals surface area contributed by atoms with Gasteiger partial charge in [-0.05, 0) is 44.4 Å². The number of epoxide rings is 1. The molecule has 0 spiro atoms. The number of rotatable bonds is 8. The van der Waals surface area contributed by atoms with Crippen molar-refractivity contribution < 1.29 is 9.16 Å². The Bertz CT molecular complexity index is 245. The molecule has 1 aliphatic carbocycles. The van der Waals surface area contributed by atoms with Gasteiger partial charge in [0.25, 0.3) is 0 Å². The van der Waals surface area contributed by atoms with E-state index in [1.807, 2.05) is 0 Å². The van der Waals surface area contributed by atoms with E-state index in [2.05, 4.69) is 13.8 Å². The molecule has 18 heavy (non-hydrogen) atoms. The second-order valence-corrected chi connectivity index (χ2v) is 6.64. The largest absolute Gasteiger partial charge is 0.422 e. The zero-order valence-corrected chi connectivity index (χ0v) is 14.4. The fourth-order valence-electron chi connectivity index (χ4n) is 3.62. The maximum Gasteiger partial charge on any atom is 0.146 e. The van der Waals surface area contributed by atoms with Crippen LogP contribution in [0.2, 0.25) is 0 Å². The van der Waals surface area contributed by atoms with Crippen molar-refractivity contribution in [1.82, 2.24) is 0 Å². The molecule has 1 heterocycles. The van der Waals surface area contributed by atoms with Gasteiger partial charge in [-0.2, -0.15) is 0 Å². The first-order valence-electron chi connectivity index (χ1n) is 7.93. The normalized spacial score (nSPS) is 31.3. The van der Waals surface area contributed by atoms with E-state index < -0.39 is 0 Å². The molecule has 2 rings (SSSR count). The smallest absolute Gasteiger partial charge is 0.146 e. The molecule has 106 valence electrons. The van der Waals surface area contributed by atoms with Crippen molar-refractivity contribution in [3.05, 3.63) is 0 Å². The molecule has 0 aromatic rings. The van der Waals surface area contributed by atoms with Crippen molar-refractivity contribution >= 4 is 10.5 Å². The van der Waals surface area contributed by atoms with Gasteiger partial charge in [0.2, 0.25) is 0 Å². The molecule has 2 fully saturated rings. The highest BCUT2D eigenvalue weighted by atomic mass is 28.2. The minimum Gasteiger partial charge on any atom is -0.422 e. The van der Waals surface area contributed by atoms with Crippen LogP contribution in [0.25, 0.3) is 0 Å². The fraction of sp³-hybridized carbons (Fsp3) is 1.00. The van der Waals surface area contributed by atoms with Gasteiger partial charge in [0.1, 0.15) is 10.5 Å². The molecule has 0 radical (unpaired) electrons. The number of fused-ring (bicyclic) bond motifs is 1. The first kappa shape index (κ1) is 14.5. The van der Waals surface area contributed by atoms with Crippen molar-refractivity contribution in [1.29, 1.82) is 0 Å². The lowest BCUT2D eigenvalue weighted by atomic mass is 9.84. The summed E-state index contributed by atoms with van der Waals surface area (Å²) in [6.45, 7) is 4.54. The van der Waals surface area contributed by atoms with Crippen LogP contribution in [0.1, 0.15) is 71.6 Å². The second-order valence-electron chi connectivity index (χ2n) is 6.23. The van der Waals surface area contributed by atoms with Crippen LogP contribution in [0.4, 0.5) is 0 Å². The lowest BCUT2D eigenvalue weighted by Crippen LogP contribution is -2.30. The summed E-state index contributed by atoms with van der Waals surface area (Å²) < 4.78 is 11.5. The zero-order valence-electron chi connectivity index (χ0n) is 12.4. The Balaban J connectivity index is 1.60. The Hall–Kier alpha value is 0.137. The lowest BCUT2D eigenvalue weighted by Gasteiger charge is -2.31. The van der Waals surface area contributed by atoms with Crippen LogP contribution in [-0.2, 0) is 9.16 Å². The highest BCUT2D eigenvalue weighted by Gasteiger charge is 2.43. The Morgan fingerprint density at radius 1 is 1.17 bits per heavy atom. The molecule has 2 aliphatic rings. The minimum atomic E-state index is 0.212. The molecular weight excluding hydrogens is 240 g/mol. The number of ether oxygens (including phenoxy) is 1. The van der Waals surface area contributed by atoms with Crippen molar-refractivity contribution in [2.45, 2.75) is 89.4 Å². The standard InChI is InChI=1S/C15H30O2Si/c1-3-15(4-2,17-18)10-6-5-7-12-8-9-13-14(11-12)16-13/h12-14H,3-11H2,1-2,18H3. The second kappa shape index (κ2) is 6.53. The van der Waals surface area contributed by atoms with Crippen molar-refractivity contribution in [3.8, 4) is 0 Å². The Kier molecular flexibility index (Phi) is 5.28. The molecule has 1 saturated carbocycles. The van der Waals surface area contributed by atoms with Crippen LogP contribution >= 0.6 is 0 Å². The molecule has 3 heteroatoms. The first-order valence-corrected chi connectivity index (χ1v) is 8.75. The highest BCUT2D eigenvalue weighted by molar-refractivity contribution is 5.98. The van der Waals surface area contributed by atoms with Gasteiger partial charge in [-0.3, -0.25) is 0 Å². The van der Waals surface area contributed by atoms with Crippen LogP contribution in [-0.4, -0.2) is 28.3 Å². The summed E-state index contributed by atoms with van der Waals surface area (Å²) in [6.07, 6.45) is 13.1. The molecule has 0 aromatic carbocycles. The number of hydrogen-bond donors (Lipinski definition) is 0. The van der Waals surface area contributed by atoms with E-state index in [0.717, 1.165) is 16.4 Å². The third-order valence-corrected chi connectivity index (χ3v) is 6.20. The summed E-state index contributed by atoms with van der Waals surface area (Å²) in [6, 6.07) is 0. The van der Waals surface area contributed by atoms with Crippen LogP contribution in [0, 0.1) is 5.92 Å². The zero-order chi connectivity index (χ0) is 13.0. The Labute approximate surface area is 115 Å². The summed E-state index contributed by atoms with van der Waals surface area (Å²) >= 11 is 0. The average molecular weight is 270 g/mol. The molecule has 0 aromatic heterocycles. The van der Waals surface area contributed by atoms with E-state index in [1.54, 1.807) is 0 Å². The summed E-state index contributed by atoms with van der Waals surface area (Å²) in [5, 5.41) is 0. The molecule has 1 aliphatic heterocycles. The molecule has 1 saturated heterocycles. The van der Waals surface area contributed by atoms with Gasteiger partial charge >= 0.3 is 0 Å². The lowest BCUT2D eigenvalue weighted by molar-refractivity contribution is 0.0578. The van der Waals surface area contributed by atoms with Crippen LogP contribution in [0.5, 0.6) is 0 Å². The monoisotopic (exact) mass is 270 g/mol. The van der Waals surface area contributed by atoms with Gasteiger partial charge in [-0.25, -0.2) is 0 Å². The third kappa shape index (κ3) is 3.58. The molecule has 0 bridgehead atoms. The van der Waals surface area contributed by atoms with Crippen molar-refractivity contribution in [3.63, 3.8) is 0 Å². The first-order chi connectivity index (χ1) is 8.73. The van der Waals surface area contributed by atoms with E-state index in [1.165, 1.54) is 57.8 Å². The van der Waals surface area contributed by atoms with Crippen LogP contribution in [0.15, 0.2) is 0 Å². The predicted molar refractivity (Wildman–Crippen MR) is 78.8 cm³/mol. The van der Waals surface area contributed by atoms with Crippen molar-refractivity contribution in [2.75, 3.05) is 0 Å². The van der Waals surface area contributed by atoms with Gasteiger partial charge in [0.05, 0.1) is 17.8 Å². The minimum absolute atomic E-state index is 0.212. The molecule has 2 nitrogen and oxygen atoms in total. The average Bonchev–Trinajstić information content (AvgIpc) is 3.18. The summed E-state index contributed by atoms with van der Waals surface area (Å²) in [7, 11) is 0.877. The topological polar surface area (TPSA) is 21.8 Å².